The van der Waals surface area contributed by atoms with E-state index in [1.165, 1.54) is 0 Å². The van der Waals surface area contributed by atoms with Crippen molar-refractivity contribution in [3.05, 3.63) is 27.8 Å². The summed E-state index contributed by atoms with van der Waals surface area (Å²) in [6, 6.07) is 1.88. The second-order valence-corrected chi connectivity index (χ2v) is 5.13. The van der Waals surface area contributed by atoms with Crippen LogP contribution in [0.4, 0.5) is 0 Å². The molecular formula is C14H21ClO3. The molecule has 3 nitrogen and oxygen atoms in total. The third-order valence-electron chi connectivity index (χ3n) is 3.24. The molecule has 18 heavy (non-hydrogen) atoms. The van der Waals surface area contributed by atoms with Gasteiger partial charge in [0.1, 0.15) is 5.75 Å². The van der Waals surface area contributed by atoms with Crippen molar-refractivity contribution in [2.75, 3.05) is 13.7 Å². The molecule has 2 N–H and O–H groups in total. The Labute approximate surface area is 113 Å². The van der Waals surface area contributed by atoms with Gasteiger partial charge in [-0.1, -0.05) is 18.5 Å². The molecule has 0 spiro atoms. The number of methoxy groups -OCH3 is 1. The number of benzene rings is 1. The second kappa shape index (κ2) is 6.41. The first-order valence-corrected chi connectivity index (χ1v) is 6.42. The Morgan fingerprint density at radius 1 is 1.39 bits per heavy atom. The van der Waals surface area contributed by atoms with Gasteiger partial charge in [-0.15, -0.1) is 0 Å². The van der Waals surface area contributed by atoms with Gasteiger partial charge in [0.2, 0.25) is 0 Å². The van der Waals surface area contributed by atoms with E-state index in [0.717, 1.165) is 22.4 Å². The van der Waals surface area contributed by atoms with Crippen LogP contribution in [-0.4, -0.2) is 30.0 Å². The lowest BCUT2D eigenvalue weighted by molar-refractivity contribution is 0.0833. The Kier molecular flexibility index (Phi) is 5.45. The van der Waals surface area contributed by atoms with Crippen molar-refractivity contribution in [3.63, 3.8) is 0 Å². The minimum absolute atomic E-state index is 0.0690. The van der Waals surface area contributed by atoms with Gasteiger partial charge in [0.25, 0.3) is 0 Å². The largest absolute Gasteiger partial charge is 0.496 e. The van der Waals surface area contributed by atoms with Crippen LogP contribution >= 0.6 is 11.6 Å². The van der Waals surface area contributed by atoms with Crippen molar-refractivity contribution in [2.24, 2.45) is 0 Å². The van der Waals surface area contributed by atoms with E-state index in [1.807, 2.05) is 26.8 Å². The van der Waals surface area contributed by atoms with Crippen molar-refractivity contribution >= 4 is 11.6 Å². The average Bonchev–Trinajstić information content (AvgIpc) is 2.32. The molecule has 0 bridgehead atoms. The molecule has 0 aliphatic heterocycles. The molecule has 4 heteroatoms. The molecule has 0 aliphatic rings. The first-order valence-electron chi connectivity index (χ1n) is 6.04. The Morgan fingerprint density at radius 2 is 2.00 bits per heavy atom. The van der Waals surface area contributed by atoms with Gasteiger partial charge in [0.05, 0.1) is 19.8 Å². The number of hydrogen-bond acceptors (Lipinski definition) is 3. The fourth-order valence-electron chi connectivity index (χ4n) is 2.34. The highest BCUT2D eigenvalue weighted by molar-refractivity contribution is 6.31. The predicted octanol–water partition coefficient (Wildman–Crippen LogP) is 2.81. The topological polar surface area (TPSA) is 49.7 Å². The van der Waals surface area contributed by atoms with E-state index < -0.39 is 6.10 Å². The van der Waals surface area contributed by atoms with E-state index >= 15 is 0 Å². The molecule has 2 atom stereocenters. The molecule has 102 valence electrons. The van der Waals surface area contributed by atoms with E-state index in [1.54, 1.807) is 7.11 Å². The lowest BCUT2D eigenvalue weighted by Gasteiger charge is -2.22. The average molecular weight is 273 g/mol. The van der Waals surface area contributed by atoms with Crippen LogP contribution in [0.5, 0.6) is 5.75 Å². The fourth-order valence-corrected chi connectivity index (χ4v) is 2.61. The van der Waals surface area contributed by atoms with Crippen molar-refractivity contribution in [1.82, 2.24) is 0 Å². The molecule has 0 radical (unpaired) electrons. The molecule has 2 unspecified atom stereocenters. The van der Waals surface area contributed by atoms with Crippen molar-refractivity contribution in [3.8, 4) is 5.75 Å². The molecule has 0 amide bonds. The quantitative estimate of drug-likeness (QED) is 0.867. The standard InChI is InChI=1S/C14H21ClO3/c1-8(5-11(17)7-16)13-10(3)12(15)6-9(2)14(13)18-4/h6,8,11,16-17H,5,7H2,1-4H3. The molecule has 0 aromatic heterocycles. The zero-order valence-electron chi connectivity index (χ0n) is 11.3. The number of ether oxygens (including phenoxy) is 1. The molecule has 0 aliphatic carbocycles. The van der Waals surface area contributed by atoms with Gasteiger partial charge in [0.15, 0.2) is 0 Å². The van der Waals surface area contributed by atoms with Crippen LogP contribution in [0.2, 0.25) is 5.02 Å². The maximum Gasteiger partial charge on any atom is 0.125 e. The van der Waals surface area contributed by atoms with Crippen molar-refractivity contribution in [1.29, 1.82) is 0 Å². The number of aliphatic hydroxyl groups excluding tert-OH is 2. The first kappa shape index (κ1) is 15.3. The Morgan fingerprint density at radius 3 is 2.50 bits per heavy atom. The van der Waals surface area contributed by atoms with Gasteiger partial charge in [-0.2, -0.15) is 0 Å². The summed E-state index contributed by atoms with van der Waals surface area (Å²) in [7, 11) is 1.63. The number of aryl methyl sites for hydroxylation is 1. The third-order valence-corrected chi connectivity index (χ3v) is 3.63. The smallest absolute Gasteiger partial charge is 0.125 e. The van der Waals surface area contributed by atoms with E-state index in [4.69, 9.17) is 21.4 Å². The minimum Gasteiger partial charge on any atom is -0.496 e. The van der Waals surface area contributed by atoms with E-state index in [9.17, 15) is 5.11 Å². The maximum absolute atomic E-state index is 9.56. The van der Waals surface area contributed by atoms with E-state index in [0.29, 0.717) is 11.4 Å². The van der Waals surface area contributed by atoms with Crippen LogP contribution < -0.4 is 4.74 Å². The van der Waals surface area contributed by atoms with Crippen molar-refractivity contribution < 1.29 is 14.9 Å². The van der Waals surface area contributed by atoms with Crippen LogP contribution in [-0.2, 0) is 0 Å². The predicted molar refractivity (Wildman–Crippen MR) is 73.6 cm³/mol. The monoisotopic (exact) mass is 272 g/mol. The maximum atomic E-state index is 9.56. The lowest BCUT2D eigenvalue weighted by Crippen LogP contribution is -2.16. The summed E-state index contributed by atoms with van der Waals surface area (Å²) in [5.74, 6) is 0.883. The van der Waals surface area contributed by atoms with Crippen LogP contribution in [0, 0.1) is 13.8 Å². The highest BCUT2D eigenvalue weighted by Crippen LogP contribution is 2.38. The Balaban J connectivity index is 3.20. The molecule has 1 aromatic rings. The van der Waals surface area contributed by atoms with Gasteiger partial charge in [-0.25, -0.2) is 0 Å². The van der Waals surface area contributed by atoms with Gasteiger partial charge in [-0.3, -0.25) is 0 Å². The van der Waals surface area contributed by atoms with Crippen molar-refractivity contribution in [2.45, 2.75) is 39.2 Å². The van der Waals surface area contributed by atoms with Crippen LogP contribution in [0.15, 0.2) is 6.07 Å². The summed E-state index contributed by atoms with van der Waals surface area (Å²) in [5.41, 5.74) is 2.96. The summed E-state index contributed by atoms with van der Waals surface area (Å²) in [6.07, 6.45) is -0.239. The minimum atomic E-state index is -0.719. The summed E-state index contributed by atoms with van der Waals surface area (Å²) in [4.78, 5) is 0. The normalized spacial score (nSPS) is 14.4. The summed E-state index contributed by atoms with van der Waals surface area (Å²) in [5, 5.41) is 19.2. The third kappa shape index (κ3) is 3.16. The zero-order valence-corrected chi connectivity index (χ0v) is 12.1. The summed E-state index contributed by atoms with van der Waals surface area (Å²) < 4.78 is 5.45. The van der Waals surface area contributed by atoms with Gasteiger partial charge >= 0.3 is 0 Å². The second-order valence-electron chi connectivity index (χ2n) is 4.72. The number of halogens is 1. The lowest BCUT2D eigenvalue weighted by atomic mass is 9.89. The molecule has 1 aromatic carbocycles. The van der Waals surface area contributed by atoms with E-state index in [-0.39, 0.29) is 12.5 Å². The molecule has 0 saturated carbocycles. The van der Waals surface area contributed by atoms with E-state index in [2.05, 4.69) is 0 Å². The fraction of sp³-hybridized carbons (Fsp3) is 0.571. The van der Waals surface area contributed by atoms with Gasteiger partial charge in [0, 0.05) is 10.6 Å². The SMILES string of the molecule is COc1c(C)cc(Cl)c(C)c1C(C)CC(O)CO. The molecular weight excluding hydrogens is 252 g/mol. The Bertz CT molecular complexity index is 418. The van der Waals surface area contributed by atoms with Crippen LogP contribution in [0.25, 0.3) is 0 Å². The number of rotatable bonds is 5. The number of hydrogen-bond donors (Lipinski definition) is 2. The highest BCUT2D eigenvalue weighted by Gasteiger charge is 2.20. The van der Waals surface area contributed by atoms with Crippen LogP contribution in [0.1, 0.15) is 36.0 Å². The highest BCUT2D eigenvalue weighted by atomic mass is 35.5. The molecule has 0 heterocycles. The van der Waals surface area contributed by atoms with Crippen LogP contribution in [0.3, 0.4) is 0 Å². The molecule has 0 saturated heterocycles. The zero-order chi connectivity index (χ0) is 13.9. The molecule has 1 rings (SSSR count). The van der Waals surface area contributed by atoms with Gasteiger partial charge in [-0.05, 0) is 43.4 Å². The Hall–Kier alpha value is -0.770. The van der Waals surface area contributed by atoms with Gasteiger partial charge < -0.3 is 14.9 Å². The summed E-state index contributed by atoms with van der Waals surface area (Å²) >= 11 is 6.20. The summed E-state index contributed by atoms with van der Waals surface area (Å²) in [6.45, 7) is 5.66. The first-order chi connectivity index (χ1) is 8.42. The number of aliphatic hydroxyl groups is 2. The molecule has 0 fully saturated rings.